The molecule has 3 rings (SSSR count). The van der Waals surface area contributed by atoms with Crippen LogP contribution in [-0.4, -0.2) is 17.1 Å². The van der Waals surface area contributed by atoms with E-state index in [4.69, 9.17) is 5.73 Å². The van der Waals surface area contributed by atoms with Crippen LogP contribution in [0.25, 0.3) is 5.73 Å². The Kier molecular flexibility index (Phi) is 2.71. The van der Waals surface area contributed by atoms with Gasteiger partial charge in [0.05, 0.1) is 0 Å². The molecule has 2 aromatic carbocycles. The third-order valence-corrected chi connectivity index (χ3v) is 3.41. The van der Waals surface area contributed by atoms with Crippen LogP contribution in [0.1, 0.15) is 17.0 Å². The fraction of sp³-hybridized carbons (Fsp3) is 0.125. The van der Waals surface area contributed by atoms with Crippen molar-refractivity contribution in [1.29, 1.82) is 0 Å². The highest BCUT2D eigenvalue weighted by Crippen LogP contribution is 2.26. The fourth-order valence-electron chi connectivity index (χ4n) is 2.36. The molecule has 0 saturated heterocycles. The van der Waals surface area contributed by atoms with Crippen molar-refractivity contribution in [3.05, 3.63) is 70.1 Å². The Hall–Kier alpha value is -2.35. The van der Waals surface area contributed by atoms with Gasteiger partial charge in [0, 0.05) is 16.4 Å². The normalized spacial score (nSPS) is 14.6. The summed E-state index contributed by atoms with van der Waals surface area (Å²) in [4.78, 5) is 11.2. The van der Waals surface area contributed by atoms with Gasteiger partial charge >= 0.3 is 5.97 Å². The zero-order chi connectivity index (χ0) is 13.4. The maximum absolute atomic E-state index is 11.2. The van der Waals surface area contributed by atoms with E-state index < -0.39 is 12.0 Å². The lowest BCUT2D eigenvalue weighted by Gasteiger charge is -2.21. The van der Waals surface area contributed by atoms with Gasteiger partial charge in [0.25, 0.3) is 0 Å². The van der Waals surface area contributed by atoms with E-state index in [9.17, 15) is 9.90 Å². The highest BCUT2D eigenvalue weighted by molar-refractivity contribution is 5.75. The molecule has 0 radical (unpaired) electrons. The predicted molar refractivity (Wildman–Crippen MR) is 72.1 cm³/mol. The number of benzene rings is 2. The molecule has 0 spiro atoms. The van der Waals surface area contributed by atoms with Crippen LogP contribution in [0.2, 0.25) is 0 Å². The topological polar surface area (TPSA) is 63.3 Å². The lowest BCUT2D eigenvalue weighted by Crippen LogP contribution is -2.37. The summed E-state index contributed by atoms with van der Waals surface area (Å²) in [5.74, 6) is -1.34. The molecule has 0 fully saturated rings. The maximum atomic E-state index is 11.2. The summed E-state index contributed by atoms with van der Waals surface area (Å²) in [6.45, 7) is 0. The number of carbonyl (C=O) groups is 1. The maximum Gasteiger partial charge on any atom is 0.321 e. The van der Waals surface area contributed by atoms with Crippen molar-refractivity contribution < 1.29 is 9.90 Å². The number of fused-ring (bicyclic) bond motifs is 1. The Morgan fingerprint density at radius 2 is 1.79 bits per heavy atom. The van der Waals surface area contributed by atoms with Crippen LogP contribution in [0.4, 0.5) is 0 Å². The van der Waals surface area contributed by atoms with E-state index >= 15 is 0 Å². The second-order valence-electron chi connectivity index (χ2n) is 4.68. The quantitative estimate of drug-likeness (QED) is 0.701. The van der Waals surface area contributed by atoms with E-state index in [2.05, 4.69) is 5.73 Å². The molecule has 0 saturated carbocycles. The average Bonchev–Trinajstić information content (AvgIpc) is 3.18. The minimum Gasteiger partial charge on any atom is -0.480 e. The summed E-state index contributed by atoms with van der Waals surface area (Å²) >= 11 is 0. The molecule has 2 aromatic rings. The van der Waals surface area contributed by atoms with Crippen molar-refractivity contribution in [2.24, 2.45) is 5.73 Å². The average molecular weight is 251 g/mol. The predicted octanol–water partition coefficient (Wildman–Crippen LogP) is 0.295. The van der Waals surface area contributed by atoms with Gasteiger partial charge in [-0.25, -0.2) is 0 Å². The van der Waals surface area contributed by atoms with Crippen molar-refractivity contribution in [1.82, 2.24) is 0 Å². The largest absolute Gasteiger partial charge is 0.480 e. The van der Waals surface area contributed by atoms with E-state index in [0.29, 0.717) is 0 Å². The monoisotopic (exact) mass is 251 g/mol. The van der Waals surface area contributed by atoms with E-state index in [1.165, 1.54) is 0 Å². The van der Waals surface area contributed by atoms with Crippen molar-refractivity contribution in [3.63, 3.8) is 0 Å². The van der Waals surface area contributed by atoms with Gasteiger partial charge < -0.3 is 10.8 Å². The first-order valence-electron chi connectivity index (χ1n) is 6.11. The minimum absolute atomic E-state index is 0.341. The Balaban J connectivity index is 2.07. The molecule has 1 aliphatic rings. The van der Waals surface area contributed by atoms with Crippen LogP contribution < -0.4 is 16.2 Å². The van der Waals surface area contributed by atoms with Crippen molar-refractivity contribution >= 4 is 11.7 Å². The first-order chi connectivity index (χ1) is 9.16. The van der Waals surface area contributed by atoms with Gasteiger partial charge in [0.15, 0.2) is 0 Å². The van der Waals surface area contributed by atoms with Gasteiger partial charge in [0.1, 0.15) is 6.04 Å². The third kappa shape index (κ3) is 2.17. The molecule has 94 valence electrons. The van der Waals surface area contributed by atoms with E-state index in [-0.39, 0.29) is 5.92 Å². The molecule has 0 bridgehead atoms. The number of carboxylic acids is 1. The molecule has 19 heavy (non-hydrogen) atoms. The number of hydrogen-bond donors (Lipinski definition) is 2. The molecule has 0 aliphatic heterocycles. The van der Waals surface area contributed by atoms with Gasteiger partial charge in [-0.05, 0) is 23.3 Å². The van der Waals surface area contributed by atoms with Crippen LogP contribution in [0.5, 0.6) is 0 Å². The van der Waals surface area contributed by atoms with Crippen molar-refractivity contribution in [2.45, 2.75) is 12.0 Å². The van der Waals surface area contributed by atoms with Gasteiger partial charge in [-0.3, -0.25) is 4.79 Å². The van der Waals surface area contributed by atoms with E-state index in [1.54, 1.807) is 0 Å². The molecular weight excluding hydrogens is 238 g/mol. The summed E-state index contributed by atoms with van der Waals surface area (Å²) in [5.41, 5.74) is 10.8. The number of carboxylic acid groups (broad SMARTS) is 1. The molecule has 2 atom stereocenters. The fourth-order valence-corrected chi connectivity index (χ4v) is 2.36. The zero-order valence-corrected chi connectivity index (χ0v) is 10.2. The van der Waals surface area contributed by atoms with Gasteiger partial charge in [-0.15, -0.1) is 5.73 Å². The van der Waals surface area contributed by atoms with Crippen LogP contribution in [0.15, 0.2) is 48.5 Å². The number of nitrogens with two attached hydrogens (primary N) is 1. The van der Waals surface area contributed by atoms with Crippen LogP contribution in [0.3, 0.4) is 0 Å². The van der Waals surface area contributed by atoms with E-state index in [1.807, 2.05) is 48.5 Å². The molecule has 1 aliphatic carbocycles. The number of aliphatic carboxylic acids is 1. The SMILES string of the molecule is N[C@@H](C(=O)O)C(c1ccccc1)c1ccc2c(c1)=C=2. The van der Waals surface area contributed by atoms with Crippen LogP contribution in [0, 0.1) is 0 Å². The third-order valence-electron chi connectivity index (χ3n) is 3.41. The van der Waals surface area contributed by atoms with Crippen molar-refractivity contribution in [3.8, 4) is 0 Å². The summed E-state index contributed by atoms with van der Waals surface area (Å²) in [6.07, 6.45) is 0. The van der Waals surface area contributed by atoms with Gasteiger partial charge in [-0.2, -0.15) is 0 Å². The Morgan fingerprint density at radius 1 is 1.05 bits per heavy atom. The Morgan fingerprint density at radius 3 is 2.42 bits per heavy atom. The van der Waals surface area contributed by atoms with Crippen LogP contribution >= 0.6 is 0 Å². The van der Waals surface area contributed by atoms with Crippen LogP contribution in [-0.2, 0) is 4.79 Å². The second kappa shape index (κ2) is 4.39. The summed E-state index contributed by atoms with van der Waals surface area (Å²) in [6, 6.07) is 14.4. The second-order valence-corrected chi connectivity index (χ2v) is 4.68. The lowest BCUT2D eigenvalue weighted by atomic mass is 9.85. The van der Waals surface area contributed by atoms with Crippen molar-refractivity contribution in [2.75, 3.05) is 0 Å². The molecular formula is C16H13NO2. The first-order valence-corrected chi connectivity index (χ1v) is 6.11. The summed E-state index contributed by atoms with van der Waals surface area (Å²) in [7, 11) is 0. The lowest BCUT2D eigenvalue weighted by molar-refractivity contribution is -0.138. The standard InChI is InChI=1S/C16H13NO2/c17-15(16(18)19)14(10-4-2-1-3-5-10)12-7-6-11-8-13(11)9-12/h1-7,9,14-15H,17H2,(H,18,19)/t14?,15-/m1/s1. The number of hydrogen-bond acceptors (Lipinski definition) is 2. The molecule has 1 unspecified atom stereocenters. The molecule has 0 amide bonds. The molecule has 0 heterocycles. The molecule has 0 aromatic heterocycles. The highest BCUT2D eigenvalue weighted by Gasteiger charge is 2.27. The molecule has 3 nitrogen and oxygen atoms in total. The number of rotatable bonds is 4. The smallest absolute Gasteiger partial charge is 0.321 e. The Bertz CT molecular complexity index is 761. The first kappa shape index (κ1) is 11.7. The zero-order valence-electron chi connectivity index (χ0n) is 10.2. The minimum atomic E-state index is -0.994. The van der Waals surface area contributed by atoms with Gasteiger partial charge in [0.2, 0.25) is 0 Å². The summed E-state index contributed by atoms with van der Waals surface area (Å²) in [5, 5.41) is 11.4. The molecule has 3 N–H and O–H groups in total. The molecule has 3 heteroatoms. The van der Waals surface area contributed by atoms with Gasteiger partial charge in [-0.1, -0.05) is 36.4 Å². The highest BCUT2D eigenvalue weighted by atomic mass is 16.4. The Labute approximate surface area is 110 Å². The van der Waals surface area contributed by atoms with E-state index in [0.717, 1.165) is 21.6 Å². The summed E-state index contributed by atoms with van der Waals surface area (Å²) < 4.78 is 0.